The molecule has 0 radical (unpaired) electrons. The van der Waals surface area contributed by atoms with Gasteiger partial charge in [-0.25, -0.2) is 0 Å². The Morgan fingerprint density at radius 2 is 1.92 bits per heavy atom. The Morgan fingerprint density at radius 3 is 2.56 bits per heavy atom. The van der Waals surface area contributed by atoms with Crippen LogP contribution in [0.4, 0.5) is 0 Å². The van der Waals surface area contributed by atoms with Crippen molar-refractivity contribution in [1.82, 2.24) is 15.0 Å². The maximum Gasteiger partial charge on any atom is 0.273 e. The molecule has 0 bridgehead atoms. The van der Waals surface area contributed by atoms with Crippen molar-refractivity contribution in [2.45, 2.75) is 12.4 Å². The van der Waals surface area contributed by atoms with Gasteiger partial charge >= 0.3 is 0 Å². The second kappa shape index (κ2) is 5.83. The maximum atomic E-state index is 11.1. The molecule has 3 aromatic rings. The molecule has 4 heterocycles. The highest BCUT2D eigenvalue weighted by atomic mass is 16.6. The third-order valence-corrected chi connectivity index (χ3v) is 3.99. The van der Waals surface area contributed by atoms with E-state index >= 15 is 0 Å². The summed E-state index contributed by atoms with van der Waals surface area (Å²) in [4.78, 5) is 12.7. The molecule has 3 aromatic heterocycles. The lowest BCUT2D eigenvalue weighted by Crippen LogP contribution is -2.30. The van der Waals surface area contributed by atoms with E-state index < -0.39 is 5.79 Å². The number of ether oxygens (including phenoxy) is 3. The third kappa shape index (κ3) is 2.43. The fourth-order valence-electron chi connectivity index (χ4n) is 2.77. The van der Waals surface area contributed by atoms with Crippen molar-refractivity contribution in [3.05, 3.63) is 53.8 Å². The lowest BCUT2D eigenvalue weighted by molar-refractivity contribution is -0.178. The molecular weight excluding hydrogens is 326 g/mol. The van der Waals surface area contributed by atoms with E-state index in [0.29, 0.717) is 17.0 Å². The summed E-state index contributed by atoms with van der Waals surface area (Å²) in [6.07, 6.45) is 3.16. The number of pyridine rings is 1. The summed E-state index contributed by atoms with van der Waals surface area (Å²) in [5.41, 5.74) is 1.82. The Morgan fingerprint density at radius 1 is 1.16 bits per heavy atom. The number of nitrogens with zero attached hydrogens (tertiary/aromatic N) is 3. The van der Waals surface area contributed by atoms with E-state index in [4.69, 9.17) is 18.6 Å². The molecule has 0 saturated carbocycles. The first kappa shape index (κ1) is 15.6. The highest BCUT2D eigenvalue weighted by Gasteiger charge is 2.46. The number of aromatic nitrogens is 3. The third-order valence-electron chi connectivity index (χ3n) is 3.99. The number of fused-ring (bicyclic) bond motifs is 1. The SMILES string of the molecule is COc1cc(OC)nc(C2(O)OCc3c(-c4ccco4)ccnc32)n1. The van der Waals surface area contributed by atoms with Crippen LogP contribution in [0.25, 0.3) is 11.3 Å². The van der Waals surface area contributed by atoms with Gasteiger partial charge < -0.3 is 23.7 Å². The van der Waals surface area contributed by atoms with Gasteiger partial charge in [-0.3, -0.25) is 4.98 Å². The fourth-order valence-corrected chi connectivity index (χ4v) is 2.77. The zero-order valence-corrected chi connectivity index (χ0v) is 13.6. The minimum absolute atomic E-state index is 0.00783. The smallest absolute Gasteiger partial charge is 0.273 e. The minimum atomic E-state index is -1.90. The molecule has 1 aliphatic heterocycles. The Bertz CT molecular complexity index is 890. The van der Waals surface area contributed by atoms with E-state index in [1.54, 1.807) is 24.6 Å². The summed E-state index contributed by atoms with van der Waals surface area (Å²) in [7, 11) is 2.93. The number of furan rings is 1. The summed E-state index contributed by atoms with van der Waals surface area (Å²) in [5, 5.41) is 11.1. The van der Waals surface area contributed by atoms with Crippen LogP contribution in [-0.2, 0) is 17.1 Å². The molecule has 1 atom stereocenters. The van der Waals surface area contributed by atoms with Crippen LogP contribution >= 0.6 is 0 Å². The summed E-state index contributed by atoms with van der Waals surface area (Å²) < 4.78 is 21.4. The van der Waals surface area contributed by atoms with Crippen molar-refractivity contribution in [3.8, 4) is 23.1 Å². The number of hydrogen-bond acceptors (Lipinski definition) is 8. The number of aliphatic hydroxyl groups is 1. The van der Waals surface area contributed by atoms with Crippen LogP contribution in [0.5, 0.6) is 11.8 Å². The molecular formula is C17H15N3O5. The lowest BCUT2D eigenvalue weighted by atomic mass is 10.0. The van der Waals surface area contributed by atoms with Crippen LogP contribution in [0.1, 0.15) is 17.1 Å². The van der Waals surface area contributed by atoms with Crippen LogP contribution in [0, 0.1) is 0 Å². The van der Waals surface area contributed by atoms with E-state index in [2.05, 4.69) is 15.0 Å². The highest BCUT2D eigenvalue weighted by molar-refractivity contribution is 5.64. The number of hydrogen-bond donors (Lipinski definition) is 1. The van der Waals surface area contributed by atoms with E-state index in [1.165, 1.54) is 20.3 Å². The first-order valence-corrected chi connectivity index (χ1v) is 7.52. The summed E-state index contributed by atoms with van der Waals surface area (Å²) in [5.74, 6) is -0.758. The highest BCUT2D eigenvalue weighted by Crippen LogP contribution is 2.41. The predicted octanol–water partition coefficient (Wildman–Crippen LogP) is 1.87. The second-order valence-electron chi connectivity index (χ2n) is 5.37. The number of rotatable bonds is 4. The van der Waals surface area contributed by atoms with Gasteiger partial charge in [0, 0.05) is 17.3 Å². The minimum Gasteiger partial charge on any atom is -0.481 e. The van der Waals surface area contributed by atoms with Crippen molar-refractivity contribution in [2.75, 3.05) is 14.2 Å². The Labute approximate surface area is 143 Å². The average molecular weight is 341 g/mol. The fraction of sp³-hybridized carbons (Fsp3) is 0.235. The average Bonchev–Trinajstić information content (AvgIpc) is 3.30. The quantitative estimate of drug-likeness (QED) is 0.768. The molecule has 1 unspecified atom stereocenters. The molecule has 0 aromatic carbocycles. The first-order chi connectivity index (χ1) is 12.2. The molecule has 0 aliphatic carbocycles. The summed E-state index contributed by atoms with van der Waals surface area (Å²) in [6.45, 7) is 0.137. The molecule has 1 aliphatic rings. The van der Waals surface area contributed by atoms with Gasteiger partial charge in [0.05, 0.1) is 33.2 Å². The van der Waals surface area contributed by atoms with Crippen molar-refractivity contribution in [3.63, 3.8) is 0 Å². The number of methoxy groups -OCH3 is 2. The molecule has 0 fully saturated rings. The van der Waals surface area contributed by atoms with Gasteiger partial charge in [0.15, 0.2) is 0 Å². The van der Waals surface area contributed by atoms with E-state index in [1.807, 2.05) is 6.07 Å². The predicted molar refractivity (Wildman–Crippen MR) is 84.9 cm³/mol. The molecule has 25 heavy (non-hydrogen) atoms. The van der Waals surface area contributed by atoms with E-state index in [0.717, 1.165) is 5.56 Å². The molecule has 0 saturated heterocycles. The Hall–Kier alpha value is -2.97. The van der Waals surface area contributed by atoms with Gasteiger partial charge in [-0.2, -0.15) is 9.97 Å². The van der Waals surface area contributed by atoms with Crippen LogP contribution in [0.2, 0.25) is 0 Å². The van der Waals surface area contributed by atoms with E-state index in [-0.39, 0.29) is 24.2 Å². The van der Waals surface area contributed by atoms with Gasteiger partial charge in [0.2, 0.25) is 17.6 Å². The van der Waals surface area contributed by atoms with Gasteiger partial charge in [0.25, 0.3) is 5.79 Å². The van der Waals surface area contributed by atoms with Crippen molar-refractivity contribution >= 4 is 0 Å². The van der Waals surface area contributed by atoms with Gasteiger partial charge in [-0.1, -0.05) is 0 Å². The van der Waals surface area contributed by atoms with Crippen molar-refractivity contribution < 1.29 is 23.7 Å². The van der Waals surface area contributed by atoms with Crippen LogP contribution in [-0.4, -0.2) is 34.3 Å². The Kier molecular flexibility index (Phi) is 3.63. The zero-order valence-electron chi connectivity index (χ0n) is 13.6. The largest absolute Gasteiger partial charge is 0.481 e. The lowest BCUT2D eigenvalue weighted by Gasteiger charge is -2.21. The molecule has 0 amide bonds. The standard InChI is InChI=1S/C17H15N3O5/c1-22-13-8-14(23-2)20-16(19-13)17(21)15-11(9-25-17)10(5-6-18-15)12-4-3-7-24-12/h3-8,21H,9H2,1-2H3. The molecule has 1 N–H and O–H groups in total. The van der Waals surface area contributed by atoms with Gasteiger partial charge in [-0.15, -0.1) is 0 Å². The molecule has 128 valence electrons. The maximum absolute atomic E-state index is 11.1. The normalized spacial score (nSPS) is 18.8. The Balaban J connectivity index is 1.86. The van der Waals surface area contributed by atoms with Gasteiger partial charge in [-0.05, 0) is 18.2 Å². The first-order valence-electron chi connectivity index (χ1n) is 7.52. The topological polar surface area (TPSA) is 99.7 Å². The monoisotopic (exact) mass is 341 g/mol. The van der Waals surface area contributed by atoms with E-state index in [9.17, 15) is 5.11 Å². The van der Waals surface area contributed by atoms with Gasteiger partial charge in [0.1, 0.15) is 11.5 Å². The molecule has 4 rings (SSSR count). The van der Waals surface area contributed by atoms with Crippen molar-refractivity contribution in [2.24, 2.45) is 0 Å². The summed E-state index contributed by atoms with van der Waals surface area (Å²) >= 11 is 0. The molecule has 8 heteroatoms. The second-order valence-corrected chi connectivity index (χ2v) is 5.37. The van der Waals surface area contributed by atoms with Crippen LogP contribution in [0.3, 0.4) is 0 Å². The van der Waals surface area contributed by atoms with Crippen LogP contribution in [0.15, 0.2) is 41.1 Å². The van der Waals surface area contributed by atoms with Crippen LogP contribution < -0.4 is 9.47 Å². The summed E-state index contributed by atoms with van der Waals surface area (Å²) in [6, 6.07) is 6.94. The zero-order chi connectivity index (χ0) is 17.4. The molecule has 8 nitrogen and oxygen atoms in total. The molecule has 0 spiro atoms. The van der Waals surface area contributed by atoms with Crippen molar-refractivity contribution in [1.29, 1.82) is 0 Å².